The minimum absolute atomic E-state index is 0.00140. The molecule has 1 unspecified atom stereocenters. The molecule has 2 amide bonds. The molecular formula is C15H14F2N4O2. The van der Waals surface area contributed by atoms with Crippen LogP contribution in [0.25, 0.3) is 0 Å². The Labute approximate surface area is 130 Å². The van der Waals surface area contributed by atoms with Gasteiger partial charge in [0.1, 0.15) is 5.82 Å². The van der Waals surface area contributed by atoms with Crippen LogP contribution >= 0.6 is 0 Å². The molecule has 0 radical (unpaired) electrons. The second-order valence-electron chi connectivity index (χ2n) is 5.43. The number of hydrogen-bond donors (Lipinski definition) is 1. The Morgan fingerprint density at radius 2 is 1.96 bits per heavy atom. The molecule has 120 valence electrons. The van der Waals surface area contributed by atoms with Crippen molar-refractivity contribution in [3.05, 3.63) is 41.1 Å². The van der Waals surface area contributed by atoms with Gasteiger partial charge in [-0.2, -0.15) is 5.10 Å². The summed E-state index contributed by atoms with van der Waals surface area (Å²) in [5, 5.41) is 4.14. The third-order valence-electron chi connectivity index (χ3n) is 3.97. The monoisotopic (exact) mass is 320 g/mol. The number of benzene rings is 1. The molecule has 0 saturated carbocycles. The SMILES string of the molecule is Cc1nn(C)c(N)c1C1CC(=O)N(c2ccc(F)c(F)c2)C1=O. The minimum atomic E-state index is -1.12. The lowest BCUT2D eigenvalue weighted by Gasteiger charge is -2.15. The van der Waals surface area contributed by atoms with Gasteiger partial charge in [0.2, 0.25) is 11.8 Å². The van der Waals surface area contributed by atoms with Crippen molar-refractivity contribution < 1.29 is 18.4 Å². The topological polar surface area (TPSA) is 81.2 Å². The Kier molecular flexibility index (Phi) is 3.39. The number of carbonyl (C=O) groups excluding carboxylic acids is 2. The lowest BCUT2D eigenvalue weighted by molar-refractivity contribution is -0.121. The molecule has 6 nitrogen and oxygen atoms in total. The Morgan fingerprint density at radius 3 is 2.52 bits per heavy atom. The summed E-state index contributed by atoms with van der Waals surface area (Å²) in [5.41, 5.74) is 6.98. The van der Waals surface area contributed by atoms with Gasteiger partial charge >= 0.3 is 0 Å². The quantitative estimate of drug-likeness (QED) is 0.853. The molecule has 3 rings (SSSR count). The average Bonchev–Trinajstić information content (AvgIpc) is 2.90. The van der Waals surface area contributed by atoms with Crippen LogP contribution in [-0.4, -0.2) is 21.6 Å². The second kappa shape index (κ2) is 5.15. The highest BCUT2D eigenvalue weighted by molar-refractivity contribution is 6.23. The molecule has 8 heteroatoms. The zero-order valence-corrected chi connectivity index (χ0v) is 12.5. The molecule has 1 aromatic heterocycles. The van der Waals surface area contributed by atoms with Crippen LogP contribution in [0.4, 0.5) is 20.3 Å². The number of imide groups is 1. The van der Waals surface area contributed by atoms with Gasteiger partial charge in [0.25, 0.3) is 0 Å². The number of rotatable bonds is 2. The van der Waals surface area contributed by atoms with Gasteiger partial charge in [0.05, 0.1) is 17.3 Å². The predicted octanol–water partition coefficient (Wildman–Crippen LogP) is 1.64. The van der Waals surface area contributed by atoms with Gasteiger partial charge in [-0.25, -0.2) is 13.7 Å². The number of aromatic nitrogens is 2. The van der Waals surface area contributed by atoms with Gasteiger partial charge < -0.3 is 5.73 Å². The first-order chi connectivity index (χ1) is 10.8. The fourth-order valence-corrected chi connectivity index (χ4v) is 2.88. The Hall–Kier alpha value is -2.77. The van der Waals surface area contributed by atoms with Gasteiger partial charge in [-0.15, -0.1) is 0 Å². The van der Waals surface area contributed by atoms with Crippen LogP contribution in [0.1, 0.15) is 23.6 Å². The van der Waals surface area contributed by atoms with Crippen LogP contribution in [0.5, 0.6) is 0 Å². The highest BCUT2D eigenvalue weighted by atomic mass is 19.2. The fraction of sp³-hybridized carbons (Fsp3) is 0.267. The molecule has 0 bridgehead atoms. The number of nitrogens with zero attached hydrogens (tertiary/aromatic N) is 3. The Bertz CT molecular complexity index is 831. The van der Waals surface area contributed by atoms with E-state index in [1.54, 1.807) is 14.0 Å². The number of nitrogens with two attached hydrogens (primary N) is 1. The summed E-state index contributed by atoms with van der Waals surface area (Å²) in [6, 6.07) is 2.89. The zero-order chi connectivity index (χ0) is 16.9. The van der Waals surface area contributed by atoms with Gasteiger partial charge in [0, 0.05) is 25.1 Å². The number of aryl methyl sites for hydroxylation is 2. The van der Waals surface area contributed by atoms with E-state index in [1.807, 2.05) is 0 Å². The van der Waals surface area contributed by atoms with Crippen LogP contribution in [-0.2, 0) is 16.6 Å². The summed E-state index contributed by atoms with van der Waals surface area (Å²) in [6.07, 6.45) is -0.0887. The lowest BCUT2D eigenvalue weighted by Crippen LogP contribution is -2.30. The van der Waals surface area contributed by atoms with E-state index >= 15 is 0 Å². The maximum Gasteiger partial charge on any atom is 0.242 e. The van der Waals surface area contributed by atoms with Gasteiger partial charge in [-0.05, 0) is 19.1 Å². The third kappa shape index (κ3) is 2.26. The molecule has 1 fully saturated rings. The van der Waals surface area contributed by atoms with Crippen molar-refractivity contribution in [2.45, 2.75) is 19.3 Å². The first-order valence-electron chi connectivity index (χ1n) is 6.92. The molecule has 2 aromatic rings. The highest BCUT2D eigenvalue weighted by Gasteiger charge is 2.43. The Balaban J connectivity index is 2.01. The van der Waals surface area contributed by atoms with Crippen molar-refractivity contribution in [3.63, 3.8) is 0 Å². The molecule has 23 heavy (non-hydrogen) atoms. The molecule has 0 spiro atoms. The number of nitrogen functional groups attached to an aromatic ring is 1. The van der Waals surface area contributed by atoms with E-state index in [0.717, 1.165) is 17.0 Å². The summed E-state index contributed by atoms with van der Waals surface area (Å²) in [6.45, 7) is 1.70. The van der Waals surface area contributed by atoms with Crippen LogP contribution in [0.3, 0.4) is 0 Å². The molecular weight excluding hydrogens is 306 g/mol. The molecule has 0 aliphatic carbocycles. The van der Waals surface area contributed by atoms with Crippen molar-refractivity contribution >= 4 is 23.3 Å². The normalized spacial score (nSPS) is 18.1. The lowest BCUT2D eigenvalue weighted by atomic mass is 9.97. The number of halogens is 2. The Morgan fingerprint density at radius 1 is 1.26 bits per heavy atom. The number of carbonyl (C=O) groups is 2. The molecule has 1 aliphatic heterocycles. The van der Waals surface area contributed by atoms with E-state index in [9.17, 15) is 18.4 Å². The van der Waals surface area contributed by atoms with E-state index in [2.05, 4.69) is 5.10 Å². The van der Waals surface area contributed by atoms with E-state index in [-0.39, 0.29) is 12.1 Å². The standard InChI is InChI=1S/C15H14F2N4O2/c1-7-13(14(18)20(2)19-7)9-6-12(22)21(15(9)23)8-3-4-10(16)11(17)5-8/h3-5,9H,6,18H2,1-2H3. The van der Waals surface area contributed by atoms with Gasteiger partial charge in [0.15, 0.2) is 11.6 Å². The minimum Gasteiger partial charge on any atom is -0.384 e. The first-order valence-corrected chi connectivity index (χ1v) is 6.92. The maximum absolute atomic E-state index is 13.4. The van der Waals surface area contributed by atoms with Crippen molar-refractivity contribution in [1.82, 2.24) is 9.78 Å². The summed E-state index contributed by atoms with van der Waals surface area (Å²) in [5.74, 6) is -3.65. The van der Waals surface area contributed by atoms with Gasteiger partial charge in [-0.1, -0.05) is 0 Å². The first kappa shape index (κ1) is 15.1. The fourth-order valence-electron chi connectivity index (χ4n) is 2.88. The van der Waals surface area contributed by atoms with E-state index in [0.29, 0.717) is 17.1 Å². The van der Waals surface area contributed by atoms with Crippen molar-refractivity contribution in [1.29, 1.82) is 0 Å². The highest BCUT2D eigenvalue weighted by Crippen LogP contribution is 2.37. The number of anilines is 2. The van der Waals surface area contributed by atoms with Crippen LogP contribution in [0.2, 0.25) is 0 Å². The molecule has 2 N–H and O–H groups in total. The number of amides is 2. The van der Waals surface area contributed by atoms with E-state index in [1.165, 1.54) is 10.7 Å². The van der Waals surface area contributed by atoms with E-state index < -0.39 is 29.4 Å². The largest absolute Gasteiger partial charge is 0.384 e. The van der Waals surface area contributed by atoms with Crippen molar-refractivity contribution in [3.8, 4) is 0 Å². The van der Waals surface area contributed by atoms with Crippen LogP contribution < -0.4 is 10.6 Å². The summed E-state index contributed by atoms with van der Waals surface area (Å²) in [7, 11) is 1.64. The predicted molar refractivity (Wildman–Crippen MR) is 78.6 cm³/mol. The van der Waals surface area contributed by atoms with Crippen LogP contribution in [0.15, 0.2) is 18.2 Å². The molecule has 2 heterocycles. The molecule has 1 atom stereocenters. The smallest absolute Gasteiger partial charge is 0.242 e. The summed E-state index contributed by atoms with van der Waals surface area (Å²) in [4.78, 5) is 25.7. The average molecular weight is 320 g/mol. The van der Waals surface area contributed by atoms with Crippen molar-refractivity contribution in [2.24, 2.45) is 7.05 Å². The number of hydrogen-bond acceptors (Lipinski definition) is 4. The second-order valence-corrected chi connectivity index (χ2v) is 5.43. The zero-order valence-electron chi connectivity index (χ0n) is 12.5. The molecule has 1 aromatic carbocycles. The third-order valence-corrected chi connectivity index (χ3v) is 3.97. The van der Waals surface area contributed by atoms with Gasteiger partial charge in [-0.3, -0.25) is 14.3 Å². The summed E-state index contributed by atoms with van der Waals surface area (Å²) >= 11 is 0. The maximum atomic E-state index is 13.4. The summed E-state index contributed by atoms with van der Waals surface area (Å²) < 4.78 is 27.9. The van der Waals surface area contributed by atoms with Crippen LogP contribution in [0, 0.1) is 18.6 Å². The molecule has 1 saturated heterocycles. The van der Waals surface area contributed by atoms with E-state index in [4.69, 9.17) is 5.73 Å². The molecule has 1 aliphatic rings. The van der Waals surface area contributed by atoms with Crippen molar-refractivity contribution in [2.75, 3.05) is 10.6 Å².